The van der Waals surface area contributed by atoms with Crippen LogP contribution in [0.3, 0.4) is 0 Å². The van der Waals surface area contributed by atoms with E-state index in [0.717, 1.165) is 5.52 Å². The molecule has 1 aliphatic heterocycles. The van der Waals surface area contributed by atoms with E-state index in [0.29, 0.717) is 0 Å². The molecule has 0 unspecified atom stereocenters. The number of fused-ring (bicyclic) bond motifs is 4. The van der Waals surface area contributed by atoms with Gasteiger partial charge in [-0.3, -0.25) is 4.68 Å². The molecule has 0 amide bonds. The number of nitrogens with one attached hydrogen (secondary N) is 1. The van der Waals surface area contributed by atoms with Gasteiger partial charge in [-0.2, -0.15) is 5.10 Å². The second kappa shape index (κ2) is 3.53. The van der Waals surface area contributed by atoms with Crippen molar-refractivity contribution in [2.75, 3.05) is 5.32 Å². The molecule has 1 aliphatic rings. The predicted octanol–water partition coefficient (Wildman–Crippen LogP) is 3.78. The van der Waals surface area contributed by atoms with Crippen molar-refractivity contribution in [3.05, 3.63) is 42.6 Å². The molecule has 3 nitrogen and oxygen atoms in total. The first-order valence-corrected chi connectivity index (χ1v) is 6.63. The Kier molecular flexibility index (Phi) is 1.96. The Morgan fingerprint density at radius 1 is 1.11 bits per heavy atom. The van der Waals surface area contributed by atoms with Crippen LogP contribution in [0.1, 0.15) is 0 Å². The van der Waals surface area contributed by atoms with Crippen LogP contribution in [-0.2, 0) is 7.05 Å². The minimum Gasteiger partial charge on any atom is -0.354 e. The lowest BCUT2D eigenvalue weighted by Gasteiger charge is -2.20. The summed E-state index contributed by atoms with van der Waals surface area (Å²) in [7, 11) is 1.96. The zero-order chi connectivity index (χ0) is 12.1. The maximum Gasteiger partial charge on any atom is 0.0936 e. The molecule has 88 valence electrons. The van der Waals surface area contributed by atoms with Gasteiger partial charge in [0.05, 0.1) is 16.9 Å². The average molecular weight is 253 g/mol. The number of aryl methyl sites for hydroxylation is 1. The number of hydrogen-bond acceptors (Lipinski definition) is 3. The van der Waals surface area contributed by atoms with Gasteiger partial charge < -0.3 is 5.32 Å². The van der Waals surface area contributed by atoms with Crippen LogP contribution in [0, 0.1) is 0 Å². The summed E-state index contributed by atoms with van der Waals surface area (Å²) in [6.07, 6.45) is 2.08. The molecule has 4 heteroatoms. The summed E-state index contributed by atoms with van der Waals surface area (Å²) in [6.45, 7) is 0. The molecule has 2 aromatic carbocycles. The van der Waals surface area contributed by atoms with E-state index in [4.69, 9.17) is 0 Å². The second-order valence-electron chi connectivity index (χ2n) is 4.40. The standard InChI is InChI=1S/C14H11N3S/c1-17-8-9-10(16-17)6-7-12-14(9)18-13-5-3-2-4-11(13)15-12/h2-8,15H,1H3. The first kappa shape index (κ1) is 10.0. The van der Waals surface area contributed by atoms with Gasteiger partial charge in [0.1, 0.15) is 0 Å². The molecule has 2 heterocycles. The van der Waals surface area contributed by atoms with Crippen LogP contribution in [0.5, 0.6) is 0 Å². The lowest BCUT2D eigenvalue weighted by molar-refractivity contribution is 0.779. The minimum atomic E-state index is 1.05. The van der Waals surface area contributed by atoms with Gasteiger partial charge in [0.2, 0.25) is 0 Å². The van der Waals surface area contributed by atoms with Crippen LogP contribution in [0.15, 0.2) is 52.4 Å². The molecule has 0 spiro atoms. The number of hydrogen-bond donors (Lipinski definition) is 1. The Bertz CT molecular complexity index is 761. The SMILES string of the molecule is Cn1cc2c3c(ccc2n1)Nc1ccccc1S3. The number of aromatic nitrogens is 2. The van der Waals surface area contributed by atoms with Crippen LogP contribution < -0.4 is 5.32 Å². The number of para-hydroxylation sites is 1. The second-order valence-corrected chi connectivity index (χ2v) is 5.45. The molecule has 4 rings (SSSR count). The Labute approximate surface area is 109 Å². The molecule has 0 bridgehead atoms. The third kappa shape index (κ3) is 1.36. The highest BCUT2D eigenvalue weighted by atomic mass is 32.2. The van der Waals surface area contributed by atoms with E-state index >= 15 is 0 Å². The summed E-state index contributed by atoms with van der Waals surface area (Å²) in [5, 5.41) is 9.15. The number of rotatable bonds is 0. The Balaban J connectivity index is 1.97. The van der Waals surface area contributed by atoms with Gasteiger partial charge in [0.15, 0.2) is 0 Å². The predicted molar refractivity (Wildman–Crippen MR) is 74.6 cm³/mol. The Morgan fingerprint density at radius 2 is 2.00 bits per heavy atom. The molecular weight excluding hydrogens is 242 g/mol. The lowest BCUT2D eigenvalue weighted by atomic mass is 10.2. The van der Waals surface area contributed by atoms with Crippen LogP contribution >= 0.6 is 11.8 Å². The number of benzene rings is 2. The van der Waals surface area contributed by atoms with Gasteiger partial charge in [0.25, 0.3) is 0 Å². The summed E-state index contributed by atoms with van der Waals surface area (Å²) in [5.74, 6) is 0. The highest BCUT2D eigenvalue weighted by Crippen LogP contribution is 2.46. The van der Waals surface area contributed by atoms with Crippen LogP contribution in [0.25, 0.3) is 10.9 Å². The Morgan fingerprint density at radius 3 is 2.94 bits per heavy atom. The summed E-state index contributed by atoms with van der Waals surface area (Å²) in [4.78, 5) is 2.53. The fraction of sp³-hybridized carbons (Fsp3) is 0.0714. The maximum absolute atomic E-state index is 4.45. The smallest absolute Gasteiger partial charge is 0.0936 e. The highest BCUT2D eigenvalue weighted by molar-refractivity contribution is 8.00. The van der Waals surface area contributed by atoms with Gasteiger partial charge in [-0.05, 0) is 24.3 Å². The first-order valence-electron chi connectivity index (χ1n) is 5.81. The third-order valence-electron chi connectivity index (χ3n) is 3.12. The van der Waals surface area contributed by atoms with Gasteiger partial charge in [-0.15, -0.1) is 0 Å². The quantitative estimate of drug-likeness (QED) is 0.517. The van der Waals surface area contributed by atoms with E-state index < -0.39 is 0 Å². The fourth-order valence-electron chi connectivity index (χ4n) is 2.31. The van der Waals surface area contributed by atoms with E-state index in [1.54, 1.807) is 0 Å². The van der Waals surface area contributed by atoms with Crippen LogP contribution in [0.4, 0.5) is 11.4 Å². The van der Waals surface area contributed by atoms with Crippen molar-refractivity contribution >= 4 is 34.0 Å². The van der Waals surface area contributed by atoms with Crippen molar-refractivity contribution in [2.45, 2.75) is 9.79 Å². The Hall–Kier alpha value is -1.94. The molecule has 0 aliphatic carbocycles. The van der Waals surface area contributed by atoms with Crippen molar-refractivity contribution in [1.29, 1.82) is 0 Å². The molecule has 1 aromatic heterocycles. The van der Waals surface area contributed by atoms with Gasteiger partial charge in [-0.1, -0.05) is 23.9 Å². The van der Waals surface area contributed by atoms with Crippen molar-refractivity contribution in [2.24, 2.45) is 7.05 Å². The van der Waals surface area contributed by atoms with Gasteiger partial charge >= 0.3 is 0 Å². The first-order chi connectivity index (χ1) is 8.81. The molecule has 0 saturated heterocycles. The largest absolute Gasteiger partial charge is 0.354 e. The van der Waals surface area contributed by atoms with E-state index in [9.17, 15) is 0 Å². The van der Waals surface area contributed by atoms with E-state index in [1.807, 2.05) is 23.5 Å². The van der Waals surface area contributed by atoms with E-state index in [1.165, 1.54) is 26.6 Å². The minimum absolute atomic E-state index is 1.05. The number of nitrogens with zero attached hydrogens (tertiary/aromatic N) is 2. The van der Waals surface area contributed by atoms with Gasteiger partial charge in [0, 0.05) is 28.4 Å². The van der Waals surface area contributed by atoms with Crippen molar-refractivity contribution in [3.8, 4) is 0 Å². The third-order valence-corrected chi connectivity index (χ3v) is 4.34. The molecule has 0 fully saturated rings. The van der Waals surface area contributed by atoms with Crippen molar-refractivity contribution in [3.63, 3.8) is 0 Å². The van der Waals surface area contributed by atoms with Crippen molar-refractivity contribution in [1.82, 2.24) is 9.78 Å². The molecular formula is C14H11N3S. The molecule has 1 N–H and O–H groups in total. The molecule has 0 atom stereocenters. The normalized spacial score (nSPS) is 12.9. The summed E-state index contributed by atoms with van der Waals surface area (Å²) in [6, 6.07) is 12.6. The fourth-order valence-corrected chi connectivity index (χ4v) is 3.40. The molecule has 0 radical (unpaired) electrons. The van der Waals surface area contributed by atoms with E-state index in [2.05, 4.69) is 53.0 Å². The molecule has 3 aromatic rings. The topological polar surface area (TPSA) is 29.9 Å². The summed E-state index contributed by atoms with van der Waals surface area (Å²) < 4.78 is 1.87. The summed E-state index contributed by atoms with van der Waals surface area (Å²) >= 11 is 1.81. The molecule has 0 saturated carbocycles. The monoisotopic (exact) mass is 253 g/mol. The summed E-state index contributed by atoms with van der Waals surface area (Å²) in [5.41, 5.74) is 3.39. The average Bonchev–Trinajstić information content (AvgIpc) is 2.77. The van der Waals surface area contributed by atoms with E-state index in [-0.39, 0.29) is 0 Å². The maximum atomic E-state index is 4.45. The zero-order valence-corrected chi connectivity index (χ0v) is 10.7. The van der Waals surface area contributed by atoms with Gasteiger partial charge in [-0.25, -0.2) is 0 Å². The zero-order valence-electron chi connectivity index (χ0n) is 9.84. The van der Waals surface area contributed by atoms with Crippen LogP contribution in [0.2, 0.25) is 0 Å². The van der Waals surface area contributed by atoms with Crippen molar-refractivity contribution < 1.29 is 0 Å². The van der Waals surface area contributed by atoms with Crippen LogP contribution in [-0.4, -0.2) is 9.78 Å². The number of anilines is 2. The lowest BCUT2D eigenvalue weighted by Crippen LogP contribution is -1.99. The highest BCUT2D eigenvalue weighted by Gasteiger charge is 2.18. The molecule has 18 heavy (non-hydrogen) atoms.